The zero-order chi connectivity index (χ0) is 23.8. The van der Waals surface area contributed by atoms with Crippen LogP contribution in [0.1, 0.15) is 18.4 Å². The fourth-order valence-corrected chi connectivity index (χ4v) is 3.99. The predicted molar refractivity (Wildman–Crippen MR) is 116 cm³/mol. The molecule has 15 heteroatoms. The lowest BCUT2D eigenvalue weighted by Gasteiger charge is -2.19. The third-order valence-corrected chi connectivity index (χ3v) is 7.40. The highest BCUT2D eigenvalue weighted by molar-refractivity contribution is 8.22. The Hall–Kier alpha value is -1.33. The van der Waals surface area contributed by atoms with Gasteiger partial charge >= 0.3 is 6.09 Å². The van der Waals surface area contributed by atoms with Gasteiger partial charge in [0.05, 0.1) is 32.5 Å². The molecule has 1 N–H and O–H groups in total. The summed E-state index contributed by atoms with van der Waals surface area (Å²) in [6.07, 6.45) is -1.34. The second kappa shape index (κ2) is 17.2. The molecule has 1 rings (SSSR count). The van der Waals surface area contributed by atoms with Crippen molar-refractivity contribution < 1.29 is 46.1 Å². The number of carbonyl (C=O) groups is 3. The molecule has 1 aromatic rings. The van der Waals surface area contributed by atoms with E-state index >= 15 is 0 Å². The molecule has 0 aliphatic heterocycles. The number of hydrogen-bond acceptors (Lipinski definition) is 8. The van der Waals surface area contributed by atoms with Crippen LogP contribution in [0.3, 0.4) is 0 Å². The van der Waals surface area contributed by atoms with Crippen LogP contribution in [0.15, 0.2) is 30.3 Å². The first-order valence-electron chi connectivity index (χ1n) is 9.14. The zero-order valence-electron chi connectivity index (χ0n) is 16.7. The monoisotopic (exact) mass is 529 g/mol. The van der Waals surface area contributed by atoms with E-state index in [1.807, 2.05) is 6.07 Å². The van der Waals surface area contributed by atoms with Crippen LogP contribution < -0.4 is 5.32 Å². The summed E-state index contributed by atoms with van der Waals surface area (Å²) in [5, 5.41) is 2.51. The molecule has 0 radical (unpaired) electrons. The summed E-state index contributed by atoms with van der Waals surface area (Å²) in [5.41, 5.74) is -0.873. The molecule has 1 amide bonds. The van der Waals surface area contributed by atoms with Crippen molar-refractivity contribution in [1.82, 2.24) is 5.32 Å². The van der Waals surface area contributed by atoms with Gasteiger partial charge in [0.1, 0.15) is 6.61 Å². The average molecular weight is 529 g/mol. The predicted octanol–water partition coefficient (Wildman–Crippen LogP) is 5.29. The van der Waals surface area contributed by atoms with Crippen molar-refractivity contribution in [3.63, 3.8) is 0 Å². The normalized spacial score (nSPS) is 13.9. The van der Waals surface area contributed by atoms with Gasteiger partial charge < -0.3 is 19.5 Å². The lowest BCUT2D eigenvalue weighted by Crippen LogP contribution is -2.42. The minimum absolute atomic E-state index is 0.0209. The van der Waals surface area contributed by atoms with E-state index in [9.17, 15) is 31.9 Å². The van der Waals surface area contributed by atoms with Crippen LogP contribution in [0.5, 0.6) is 0 Å². The van der Waals surface area contributed by atoms with Crippen molar-refractivity contribution in [2.24, 2.45) is 0 Å². The van der Waals surface area contributed by atoms with Crippen molar-refractivity contribution >= 4 is 49.3 Å². The standard InChI is InChI=1S/C17H21F2NO8P4/c18-31(29-24)15(21)6-8-26-11-14(12-27-9-7-16(22)32(19)30-25)20-17(23)28-10-13-4-2-1-3-5-13/h1-5,14H,6-12H2,(H,20,23). The molecule has 32 heavy (non-hydrogen) atoms. The average Bonchev–Trinajstić information content (AvgIpc) is 2.81. The molecule has 176 valence electrons. The van der Waals surface area contributed by atoms with E-state index < -0.39 is 55.3 Å². The molecule has 0 bridgehead atoms. The minimum atomic E-state index is -2.74. The first-order chi connectivity index (χ1) is 15.4. The smallest absolute Gasteiger partial charge is 0.407 e. The number of carbonyl (C=O) groups excluding carboxylic acids is 3. The third kappa shape index (κ3) is 12.6. The maximum atomic E-state index is 13.0. The summed E-state index contributed by atoms with van der Waals surface area (Å²) >= 11 is 0. The number of rotatable bonds is 17. The van der Waals surface area contributed by atoms with E-state index in [4.69, 9.17) is 14.2 Å². The van der Waals surface area contributed by atoms with Crippen LogP contribution in [-0.4, -0.2) is 49.6 Å². The fraction of sp³-hybridized carbons (Fsp3) is 0.471. The Morgan fingerprint density at radius 1 is 0.906 bits per heavy atom. The number of hydrogen-bond donors (Lipinski definition) is 1. The van der Waals surface area contributed by atoms with Gasteiger partial charge in [0.25, 0.3) is 0 Å². The highest BCUT2D eigenvalue weighted by Crippen LogP contribution is 2.52. The Morgan fingerprint density at radius 3 is 1.88 bits per heavy atom. The number of halogens is 2. The molecule has 2 unspecified atom stereocenters. The van der Waals surface area contributed by atoms with Crippen LogP contribution in [0.4, 0.5) is 13.2 Å². The van der Waals surface area contributed by atoms with Gasteiger partial charge in [-0.3, -0.25) is 18.7 Å². The Labute approximate surface area is 188 Å². The molecule has 0 heterocycles. The number of nitrogens with one attached hydrogen (secondary N) is 1. The minimum Gasteiger partial charge on any atom is -0.445 e. The highest BCUT2D eigenvalue weighted by atomic mass is 32.1. The van der Waals surface area contributed by atoms with E-state index in [0.29, 0.717) is 0 Å². The van der Waals surface area contributed by atoms with Crippen LogP contribution in [-0.2, 0) is 39.5 Å². The Kier molecular flexibility index (Phi) is 15.4. The Bertz CT molecular complexity index is 727. The van der Waals surface area contributed by atoms with Crippen molar-refractivity contribution in [1.29, 1.82) is 0 Å². The maximum Gasteiger partial charge on any atom is 0.407 e. The van der Waals surface area contributed by atoms with E-state index in [2.05, 4.69) is 5.32 Å². The number of alkyl carbamates (subject to hydrolysis) is 1. The summed E-state index contributed by atoms with van der Waals surface area (Å²) in [6, 6.07) is 8.18. The zero-order valence-corrected chi connectivity index (χ0v) is 20.3. The van der Waals surface area contributed by atoms with Gasteiger partial charge in [-0.05, 0) is 5.56 Å². The second-order valence-electron chi connectivity index (χ2n) is 6.02. The summed E-state index contributed by atoms with van der Waals surface area (Å²) in [7, 11) is -7.20. The van der Waals surface area contributed by atoms with E-state index in [1.165, 1.54) is 0 Å². The van der Waals surface area contributed by atoms with Crippen LogP contribution in [0.2, 0.25) is 0 Å². The van der Waals surface area contributed by atoms with Crippen molar-refractivity contribution in [3.8, 4) is 0 Å². The highest BCUT2D eigenvalue weighted by Gasteiger charge is 2.20. The summed E-state index contributed by atoms with van der Waals surface area (Å²) in [5.74, 6) is 0. The molecule has 0 aliphatic rings. The Balaban J connectivity index is 2.47. The number of ether oxygens (including phenoxy) is 3. The molecule has 0 spiro atoms. The molecule has 0 aliphatic carbocycles. The third-order valence-electron chi connectivity index (χ3n) is 3.65. The first-order valence-corrected chi connectivity index (χ1v) is 14.6. The number of benzene rings is 1. The van der Waals surface area contributed by atoms with E-state index in [-0.39, 0.29) is 45.9 Å². The van der Waals surface area contributed by atoms with Gasteiger partial charge in [0.2, 0.25) is 43.2 Å². The molecular weight excluding hydrogens is 508 g/mol. The fourth-order valence-electron chi connectivity index (χ4n) is 2.11. The van der Waals surface area contributed by atoms with Gasteiger partial charge in [-0.25, -0.2) is 13.2 Å². The summed E-state index contributed by atoms with van der Waals surface area (Å²) in [4.78, 5) is 34.7. The summed E-state index contributed by atoms with van der Waals surface area (Å²) < 4.78 is 62.4. The van der Waals surface area contributed by atoms with Crippen molar-refractivity contribution in [3.05, 3.63) is 35.9 Å². The van der Waals surface area contributed by atoms with Gasteiger partial charge in [-0.1, -0.05) is 30.3 Å². The molecule has 0 saturated carbocycles. The molecule has 0 saturated heterocycles. The second-order valence-corrected chi connectivity index (χ2v) is 11.5. The Morgan fingerprint density at radius 2 is 1.41 bits per heavy atom. The lowest BCUT2D eigenvalue weighted by atomic mass is 10.2. The quantitative estimate of drug-likeness (QED) is 0.213. The maximum absolute atomic E-state index is 13.0. The molecule has 9 nitrogen and oxygen atoms in total. The van der Waals surface area contributed by atoms with Gasteiger partial charge in [-0.2, -0.15) is 0 Å². The lowest BCUT2D eigenvalue weighted by molar-refractivity contribution is -0.113. The van der Waals surface area contributed by atoms with E-state index in [1.54, 1.807) is 24.3 Å². The SMILES string of the molecule is O=PP(F)C(=O)CCOCC(COCCC(=O)P(F)P=O)NC(=O)OCc1ccccc1. The summed E-state index contributed by atoms with van der Waals surface area (Å²) in [6.45, 7) is -0.567. The van der Waals surface area contributed by atoms with Crippen LogP contribution in [0, 0.1) is 0 Å². The molecule has 0 aromatic heterocycles. The van der Waals surface area contributed by atoms with Crippen molar-refractivity contribution in [2.45, 2.75) is 25.5 Å². The van der Waals surface area contributed by atoms with Crippen molar-refractivity contribution in [2.75, 3.05) is 26.4 Å². The molecule has 2 atom stereocenters. The molecular formula is C17H21F2NO8P4. The van der Waals surface area contributed by atoms with Gasteiger partial charge in [0.15, 0.2) is 0 Å². The first kappa shape index (κ1) is 28.7. The molecule has 1 aromatic carbocycles. The van der Waals surface area contributed by atoms with Gasteiger partial charge in [0, 0.05) is 12.8 Å². The van der Waals surface area contributed by atoms with Gasteiger partial charge in [-0.15, -0.1) is 0 Å². The topological polar surface area (TPSA) is 125 Å². The molecule has 0 fully saturated rings. The van der Waals surface area contributed by atoms with E-state index in [0.717, 1.165) is 5.56 Å². The van der Waals surface area contributed by atoms with Crippen LogP contribution >= 0.6 is 32.1 Å². The largest absolute Gasteiger partial charge is 0.445 e. The number of amides is 1. The van der Waals surface area contributed by atoms with Crippen LogP contribution in [0.25, 0.3) is 0 Å².